The number of hydrogen-bond acceptors (Lipinski definition) is 3. The molecule has 0 bridgehead atoms. The third-order valence-corrected chi connectivity index (χ3v) is 5.23. The number of carbonyl (C=O) groups is 1. The summed E-state index contributed by atoms with van der Waals surface area (Å²) in [4.78, 5) is 22.7. The van der Waals surface area contributed by atoms with Crippen LogP contribution < -0.4 is 10.6 Å². The lowest BCUT2D eigenvalue weighted by atomic mass is 9.86. The zero-order chi connectivity index (χ0) is 16.8. The molecule has 1 aromatic heterocycles. The lowest BCUT2D eigenvalue weighted by molar-refractivity contribution is 0.0954. The van der Waals surface area contributed by atoms with Gasteiger partial charge >= 0.3 is 0 Å². The Morgan fingerprint density at radius 2 is 2.04 bits per heavy atom. The van der Waals surface area contributed by atoms with E-state index in [4.69, 9.17) is 0 Å². The first-order valence-electron chi connectivity index (χ1n) is 8.86. The van der Waals surface area contributed by atoms with Gasteiger partial charge < -0.3 is 15.5 Å². The highest BCUT2D eigenvalue weighted by Crippen LogP contribution is 2.45. The molecule has 2 N–H and O–H groups in total. The van der Waals surface area contributed by atoms with Gasteiger partial charge in [0, 0.05) is 45.6 Å². The van der Waals surface area contributed by atoms with Crippen LogP contribution in [0.3, 0.4) is 0 Å². The number of amides is 1. The Bertz CT molecular complexity index is 586. The second-order valence-electron chi connectivity index (χ2n) is 6.85. The van der Waals surface area contributed by atoms with Crippen molar-refractivity contribution in [1.82, 2.24) is 20.5 Å². The van der Waals surface area contributed by atoms with E-state index in [1.807, 2.05) is 7.05 Å². The minimum absolute atomic E-state index is 0. The van der Waals surface area contributed by atoms with Crippen LogP contribution in [0.2, 0.25) is 0 Å². The van der Waals surface area contributed by atoms with Crippen molar-refractivity contribution in [2.45, 2.75) is 32.1 Å². The van der Waals surface area contributed by atoms with Gasteiger partial charge in [0.05, 0.1) is 5.56 Å². The van der Waals surface area contributed by atoms with E-state index in [2.05, 4.69) is 25.5 Å². The molecule has 25 heavy (non-hydrogen) atoms. The Morgan fingerprint density at radius 3 is 2.72 bits per heavy atom. The molecular formula is C18H28IN5O. The van der Waals surface area contributed by atoms with Crippen LogP contribution in [0.1, 0.15) is 42.5 Å². The van der Waals surface area contributed by atoms with Gasteiger partial charge in [0.1, 0.15) is 0 Å². The van der Waals surface area contributed by atoms with E-state index in [1.165, 1.54) is 32.1 Å². The van der Waals surface area contributed by atoms with Crippen LogP contribution in [-0.4, -0.2) is 55.0 Å². The third kappa shape index (κ3) is 5.05. The van der Waals surface area contributed by atoms with Crippen LogP contribution in [0, 0.1) is 5.41 Å². The molecule has 0 atom stereocenters. The smallest absolute Gasteiger partial charge is 0.252 e. The Balaban J connectivity index is 0.00000225. The molecule has 7 heteroatoms. The lowest BCUT2D eigenvalue weighted by Crippen LogP contribution is -2.43. The van der Waals surface area contributed by atoms with Crippen molar-refractivity contribution in [2.75, 3.05) is 33.2 Å². The standard InChI is InChI=1S/C18H27N5O.HI/c1-19-17(23-12-8-18(14-23)6-2-3-7-18)22-11-10-21-16(24)15-5-4-9-20-13-15;/h4-5,9,13H,2-3,6-8,10-12,14H2,1H3,(H,19,22)(H,21,24);1H. The van der Waals surface area contributed by atoms with Gasteiger partial charge in [-0.1, -0.05) is 12.8 Å². The van der Waals surface area contributed by atoms with Crippen molar-refractivity contribution in [2.24, 2.45) is 10.4 Å². The highest BCUT2D eigenvalue weighted by Gasteiger charge is 2.40. The Kier molecular flexibility index (Phi) is 7.46. The predicted molar refractivity (Wildman–Crippen MR) is 110 cm³/mol. The van der Waals surface area contributed by atoms with Crippen LogP contribution in [0.25, 0.3) is 0 Å². The number of guanidine groups is 1. The van der Waals surface area contributed by atoms with E-state index in [9.17, 15) is 4.79 Å². The Hall–Kier alpha value is -1.38. The van der Waals surface area contributed by atoms with E-state index < -0.39 is 0 Å². The molecule has 1 saturated heterocycles. The molecule has 1 amide bonds. The van der Waals surface area contributed by atoms with Crippen molar-refractivity contribution >= 4 is 35.8 Å². The molecule has 1 aromatic rings. The summed E-state index contributed by atoms with van der Waals surface area (Å²) in [5.41, 5.74) is 1.12. The van der Waals surface area contributed by atoms with Crippen molar-refractivity contribution < 1.29 is 4.79 Å². The number of likely N-dealkylation sites (tertiary alicyclic amines) is 1. The molecule has 1 aliphatic heterocycles. The highest BCUT2D eigenvalue weighted by atomic mass is 127. The first kappa shape index (κ1) is 19.9. The molecular weight excluding hydrogens is 429 g/mol. The summed E-state index contributed by atoms with van der Waals surface area (Å²) in [5.74, 6) is 0.861. The Morgan fingerprint density at radius 1 is 1.28 bits per heavy atom. The van der Waals surface area contributed by atoms with Crippen molar-refractivity contribution in [1.29, 1.82) is 0 Å². The highest BCUT2D eigenvalue weighted by molar-refractivity contribution is 14.0. The van der Waals surface area contributed by atoms with E-state index in [1.54, 1.807) is 24.5 Å². The number of rotatable bonds is 4. The molecule has 0 aromatic carbocycles. The number of halogens is 1. The van der Waals surface area contributed by atoms with Crippen molar-refractivity contribution in [3.8, 4) is 0 Å². The maximum Gasteiger partial charge on any atom is 0.252 e. The van der Waals surface area contributed by atoms with Gasteiger partial charge in [-0.05, 0) is 36.8 Å². The molecule has 2 aliphatic rings. The van der Waals surface area contributed by atoms with E-state index >= 15 is 0 Å². The largest absolute Gasteiger partial charge is 0.354 e. The molecule has 6 nitrogen and oxygen atoms in total. The summed E-state index contributed by atoms with van der Waals surface area (Å²) in [5, 5.41) is 6.27. The summed E-state index contributed by atoms with van der Waals surface area (Å²) in [6.07, 6.45) is 10.00. The third-order valence-electron chi connectivity index (χ3n) is 5.23. The molecule has 1 aliphatic carbocycles. The number of aliphatic imine (C=N–C) groups is 1. The first-order valence-corrected chi connectivity index (χ1v) is 8.86. The topological polar surface area (TPSA) is 69.6 Å². The van der Waals surface area contributed by atoms with Crippen LogP contribution in [-0.2, 0) is 0 Å². The van der Waals surface area contributed by atoms with Gasteiger partial charge in [0.2, 0.25) is 0 Å². The Labute approximate surface area is 166 Å². The fourth-order valence-electron chi connectivity index (χ4n) is 3.93. The second-order valence-corrected chi connectivity index (χ2v) is 6.85. The molecule has 0 radical (unpaired) electrons. The maximum absolute atomic E-state index is 12.0. The van der Waals surface area contributed by atoms with Crippen LogP contribution >= 0.6 is 24.0 Å². The number of pyridine rings is 1. The molecule has 1 spiro atoms. The predicted octanol–water partition coefficient (Wildman–Crippen LogP) is 2.27. The molecule has 1 saturated carbocycles. The number of hydrogen-bond donors (Lipinski definition) is 2. The van der Waals surface area contributed by atoms with Crippen molar-refractivity contribution in [3.63, 3.8) is 0 Å². The fourth-order valence-corrected chi connectivity index (χ4v) is 3.93. The zero-order valence-electron chi connectivity index (χ0n) is 14.8. The first-order chi connectivity index (χ1) is 11.7. The SMILES string of the molecule is CN=C(NCCNC(=O)c1cccnc1)N1CCC2(CCCC2)C1.I. The van der Waals surface area contributed by atoms with Gasteiger partial charge in [-0.25, -0.2) is 0 Å². The van der Waals surface area contributed by atoms with Gasteiger partial charge in [-0.15, -0.1) is 24.0 Å². The average molecular weight is 457 g/mol. The quantitative estimate of drug-likeness (QED) is 0.315. The maximum atomic E-state index is 12.0. The van der Waals surface area contributed by atoms with Crippen LogP contribution in [0.15, 0.2) is 29.5 Å². The van der Waals surface area contributed by atoms with Gasteiger partial charge in [-0.2, -0.15) is 0 Å². The molecule has 2 fully saturated rings. The number of nitrogens with zero attached hydrogens (tertiary/aromatic N) is 3. The minimum Gasteiger partial charge on any atom is -0.354 e. The molecule has 3 rings (SSSR count). The minimum atomic E-state index is -0.0917. The summed E-state index contributed by atoms with van der Waals surface area (Å²) in [7, 11) is 1.83. The van der Waals surface area contributed by atoms with Gasteiger partial charge in [-0.3, -0.25) is 14.8 Å². The van der Waals surface area contributed by atoms with E-state index in [0.717, 1.165) is 19.0 Å². The zero-order valence-corrected chi connectivity index (χ0v) is 17.2. The van der Waals surface area contributed by atoms with Gasteiger partial charge in [0.25, 0.3) is 5.91 Å². The normalized spacial score (nSPS) is 18.9. The van der Waals surface area contributed by atoms with E-state index in [0.29, 0.717) is 24.1 Å². The molecule has 0 unspecified atom stereocenters. The van der Waals surface area contributed by atoms with E-state index in [-0.39, 0.29) is 29.9 Å². The molecule has 2 heterocycles. The number of carbonyl (C=O) groups excluding carboxylic acids is 1. The fraction of sp³-hybridized carbons (Fsp3) is 0.611. The second kappa shape index (κ2) is 9.35. The summed E-state index contributed by atoms with van der Waals surface area (Å²) >= 11 is 0. The molecule has 138 valence electrons. The average Bonchev–Trinajstić information content (AvgIpc) is 3.26. The number of nitrogens with one attached hydrogen (secondary N) is 2. The summed E-state index contributed by atoms with van der Waals surface area (Å²) in [6, 6.07) is 3.53. The number of aromatic nitrogens is 1. The summed E-state index contributed by atoms with van der Waals surface area (Å²) in [6.45, 7) is 3.43. The van der Waals surface area contributed by atoms with Crippen LogP contribution in [0.5, 0.6) is 0 Å². The van der Waals surface area contributed by atoms with Crippen LogP contribution in [0.4, 0.5) is 0 Å². The monoisotopic (exact) mass is 457 g/mol. The van der Waals surface area contributed by atoms with Gasteiger partial charge in [0.15, 0.2) is 5.96 Å². The lowest BCUT2D eigenvalue weighted by Gasteiger charge is -2.26. The summed E-state index contributed by atoms with van der Waals surface area (Å²) < 4.78 is 0. The van der Waals surface area contributed by atoms with Crippen molar-refractivity contribution in [3.05, 3.63) is 30.1 Å².